The highest BCUT2D eigenvalue weighted by atomic mass is 16.5. The van der Waals surface area contributed by atoms with Crippen molar-refractivity contribution in [2.45, 2.75) is 181 Å². The maximum absolute atomic E-state index is 6.78. The Morgan fingerprint density at radius 1 is 0.690 bits per heavy atom. The zero-order valence-electron chi connectivity index (χ0n) is 28.7. The summed E-state index contributed by atoms with van der Waals surface area (Å²) in [5, 5.41) is 3.75. The molecule has 0 amide bonds. The summed E-state index contributed by atoms with van der Waals surface area (Å²) in [5.74, 6) is 4.45. The molecule has 8 atom stereocenters. The SMILES string of the molecule is CCCCCCCCCCCCNCCCCC[C@H]1CCC2[C@H]3C(CC[C@@]21C)[C@@]1(C)CCCC[C@H]1C[C@H]3OCCCN. The summed E-state index contributed by atoms with van der Waals surface area (Å²) in [5.41, 5.74) is 7.02. The number of nitrogens with one attached hydrogen (secondary N) is 1. The number of nitrogens with two attached hydrogens (primary N) is 1. The van der Waals surface area contributed by atoms with E-state index in [1.165, 1.54) is 161 Å². The van der Waals surface area contributed by atoms with Crippen molar-refractivity contribution in [3.05, 3.63) is 0 Å². The minimum absolute atomic E-state index is 0.503. The average molecular weight is 587 g/mol. The first-order valence-electron chi connectivity index (χ1n) is 19.6. The third-order valence-electron chi connectivity index (χ3n) is 13.6. The third-order valence-corrected chi connectivity index (χ3v) is 13.6. The van der Waals surface area contributed by atoms with Crippen LogP contribution in [0.4, 0.5) is 0 Å². The van der Waals surface area contributed by atoms with Crippen molar-refractivity contribution in [2.75, 3.05) is 26.2 Å². The summed E-state index contributed by atoms with van der Waals surface area (Å²) < 4.78 is 6.78. The number of ether oxygens (including phenoxy) is 1. The van der Waals surface area contributed by atoms with Gasteiger partial charge in [0.05, 0.1) is 6.10 Å². The molecule has 0 heterocycles. The molecular formula is C39H74N2O. The molecule has 4 saturated carbocycles. The maximum atomic E-state index is 6.78. The van der Waals surface area contributed by atoms with Crippen LogP contribution in [0, 0.1) is 40.4 Å². The molecule has 4 fully saturated rings. The summed E-state index contributed by atoms with van der Waals surface area (Å²) in [7, 11) is 0. The molecule has 3 nitrogen and oxygen atoms in total. The van der Waals surface area contributed by atoms with E-state index in [1.807, 2.05) is 0 Å². The summed E-state index contributed by atoms with van der Waals surface area (Å²) in [4.78, 5) is 0. The van der Waals surface area contributed by atoms with E-state index in [-0.39, 0.29) is 0 Å². The van der Waals surface area contributed by atoms with E-state index in [4.69, 9.17) is 10.5 Å². The van der Waals surface area contributed by atoms with Crippen LogP contribution in [-0.2, 0) is 4.74 Å². The van der Waals surface area contributed by atoms with Crippen molar-refractivity contribution in [3.63, 3.8) is 0 Å². The Bertz CT molecular complexity index is 727. The second-order valence-electron chi connectivity index (χ2n) is 16.1. The zero-order chi connectivity index (χ0) is 29.7. The van der Waals surface area contributed by atoms with E-state index in [1.54, 1.807) is 0 Å². The Kier molecular flexibility index (Phi) is 15.0. The number of rotatable bonds is 21. The van der Waals surface area contributed by atoms with Gasteiger partial charge in [-0.2, -0.15) is 0 Å². The van der Waals surface area contributed by atoms with E-state index in [2.05, 4.69) is 26.1 Å². The molecule has 0 aromatic carbocycles. The van der Waals surface area contributed by atoms with Crippen LogP contribution in [0.1, 0.15) is 175 Å². The van der Waals surface area contributed by atoms with E-state index >= 15 is 0 Å². The fourth-order valence-electron chi connectivity index (χ4n) is 11.0. The second kappa shape index (κ2) is 18.1. The molecule has 4 aliphatic carbocycles. The van der Waals surface area contributed by atoms with Crippen molar-refractivity contribution in [2.24, 2.45) is 46.2 Å². The van der Waals surface area contributed by atoms with Gasteiger partial charge >= 0.3 is 0 Å². The van der Waals surface area contributed by atoms with E-state index < -0.39 is 0 Å². The Hall–Kier alpha value is -0.120. The lowest BCUT2D eigenvalue weighted by Gasteiger charge is -2.62. The molecule has 4 rings (SSSR count). The molecule has 0 aliphatic heterocycles. The summed E-state index contributed by atoms with van der Waals surface area (Å²) >= 11 is 0. The monoisotopic (exact) mass is 587 g/mol. The molecular weight excluding hydrogens is 512 g/mol. The van der Waals surface area contributed by atoms with Gasteiger partial charge in [-0.05, 0) is 131 Å². The predicted molar refractivity (Wildman–Crippen MR) is 182 cm³/mol. The fourth-order valence-corrected chi connectivity index (χ4v) is 11.0. The smallest absolute Gasteiger partial charge is 0.0611 e. The van der Waals surface area contributed by atoms with Gasteiger partial charge in [-0.1, -0.05) is 104 Å². The van der Waals surface area contributed by atoms with Gasteiger partial charge in [0.2, 0.25) is 0 Å². The molecule has 3 N–H and O–H groups in total. The van der Waals surface area contributed by atoms with Crippen molar-refractivity contribution >= 4 is 0 Å². The highest BCUT2D eigenvalue weighted by Crippen LogP contribution is 2.68. The highest BCUT2D eigenvalue weighted by Gasteiger charge is 2.62. The van der Waals surface area contributed by atoms with E-state index in [0.717, 1.165) is 49.2 Å². The van der Waals surface area contributed by atoms with Crippen molar-refractivity contribution < 1.29 is 4.74 Å². The topological polar surface area (TPSA) is 47.3 Å². The first-order chi connectivity index (χ1) is 20.5. The molecule has 0 aromatic heterocycles. The average Bonchev–Trinajstić information content (AvgIpc) is 3.33. The quantitative estimate of drug-likeness (QED) is 0.132. The van der Waals surface area contributed by atoms with Gasteiger partial charge < -0.3 is 15.8 Å². The van der Waals surface area contributed by atoms with Crippen LogP contribution < -0.4 is 11.1 Å². The first kappa shape index (κ1) is 34.7. The first-order valence-corrected chi connectivity index (χ1v) is 19.6. The molecule has 0 aromatic rings. The van der Waals surface area contributed by atoms with Crippen LogP contribution in [-0.4, -0.2) is 32.3 Å². The third kappa shape index (κ3) is 8.99. The molecule has 0 spiro atoms. The zero-order valence-corrected chi connectivity index (χ0v) is 28.7. The molecule has 3 heteroatoms. The highest BCUT2D eigenvalue weighted by molar-refractivity contribution is 5.11. The number of unbranched alkanes of at least 4 members (excludes halogenated alkanes) is 11. The minimum atomic E-state index is 0.503. The van der Waals surface area contributed by atoms with Gasteiger partial charge in [0.25, 0.3) is 0 Å². The summed E-state index contributed by atoms with van der Waals surface area (Å²) in [6, 6.07) is 0. The number of hydrogen-bond donors (Lipinski definition) is 2. The Morgan fingerprint density at radius 3 is 2.07 bits per heavy atom. The summed E-state index contributed by atoms with van der Waals surface area (Å²) in [6.07, 6.45) is 34.6. The van der Waals surface area contributed by atoms with Crippen LogP contribution in [0.25, 0.3) is 0 Å². The van der Waals surface area contributed by atoms with Crippen LogP contribution in [0.15, 0.2) is 0 Å². The van der Waals surface area contributed by atoms with Gasteiger partial charge in [-0.25, -0.2) is 0 Å². The molecule has 246 valence electrons. The normalized spacial score (nSPS) is 36.0. The van der Waals surface area contributed by atoms with Crippen LogP contribution in [0.5, 0.6) is 0 Å². The predicted octanol–water partition coefficient (Wildman–Crippen LogP) is 10.5. The largest absolute Gasteiger partial charge is 0.378 e. The van der Waals surface area contributed by atoms with Gasteiger partial charge in [0, 0.05) is 6.61 Å². The standard InChI is InChI=1S/C39H74N2O/c1-4-5-6-7-8-9-10-11-12-17-28-41-29-18-13-14-20-32-22-23-34-37-35(24-26-39(32,34)3)38(2)25-16-15-21-33(38)31-36(37)42-30-19-27-40/h32-37,41H,4-31,40H2,1-3H3/t32-,33-,34?,35?,36+,37-,38-,39+/m0/s1. The van der Waals surface area contributed by atoms with Gasteiger partial charge in [0.15, 0.2) is 0 Å². The van der Waals surface area contributed by atoms with Crippen LogP contribution >= 0.6 is 0 Å². The second-order valence-corrected chi connectivity index (χ2v) is 16.1. The Morgan fingerprint density at radius 2 is 1.36 bits per heavy atom. The Balaban J connectivity index is 1.13. The lowest BCUT2D eigenvalue weighted by molar-refractivity contribution is -0.178. The minimum Gasteiger partial charge on any atom is -0.378 e. The molecule has 0 saturated heterocycles. The van der Waals surface area contributed by atoms with Gasteiger partial charge in [0.1, 0.15) is 0 Å². The lowest BCUT2D eigenvalue weighted by atomic mass is 9.44. The lowest BCUT2D eigenvalue weighted by Crippen LogP contribution is -2.58. The number of hydrogen-bond acceptors (Lipinski definition) is 3. The van der Waals surface area contributed by atoms with E-state index in [9.17, 15) is 0 Å². The fraction of sp³-hybridized carbons (Fsp3) is 1.00. The molecule has 0 radical (unpaired) electrons. The molecule has 2 unspecified atom stereocenters. The van der Waals surface area contributed by atoms with E-state index in [0.29, 0.717) is 16.9 Å². The van der Waals surface area contributed by atoms with Crippen molar-refractivity contribution in [1.29, 1.82) is 0 Å². The molecule has 4 aliphatic rings. The van der Waals surface area contributed by atoms with Crippen LogP contribution in [0.2, 0.25) is 0 Å². The maximum Gasteiger partial charge on any atom is 0.0611 e. The number of fused-ring (bicyclic) bond motifs is 5. The summed E-state index contributed by atoms with van der Waals surface area (Å²) in [6.45, 7) is 11.9. The van der Waals surface area contributed by atoms with Crippen LogP contribution in [0.3, 0.4) is 0 Å². The molecule has 0 bridgehead atoms. The Labute approximate surface area is 263 Å². The van der Waals surface area contributed by atoms with Gasteiger partial charge in [-0.3, -0.25) is 0 Å². The van der Waals surface area contributed by atoms with Crippen molar-refractivity contribution in [1.82, 2.24) is 5.32 Å². The van der Waals surface area contributed by atoms with Crippen molar-refractivity contribution in [3.8, 4) is 0 Å². The molecule has 42 heavy (non-hydrogen) atoms. The van der Waals surface area contributed by atoms with Gasteiger partial charge in [-0.15, -0.1) is 0 Å².